The van der Waals surface area contributed by atoms with Gasteiger partial charge in [0.05, 0.1) is 0 Å². The molecule has 2 rings (SSSR count). The highest BCUT2D eigenvalue weighted by Gasteiger charge is 2.27. The van der Waals surface area contributed by atoms with Crippen LogP contribution in [0.2, 0.25) is 0 Å². The van der Waals surface area contributed by atoms with Crippen molar-refractivity contribution in [3.63, 3.8) is 0 Å². The van der Waals surface area contributed by atoms with Gasteiger partial charge in [0.1, 0.15) is 5.71 Å². The molecule has 1 aliphatic rings. The topological polar surface area (TPSA) is 49.7 Å². The predicted molar refractivity (Wildman–Crippen MR) is 48.4 cm³/mol. The summed E-state index contributed by atoms with van der Waals surface area (Å²) in [6.07, 6.45) is 0.456. The summed E-state index contributed by atoms with van der Waals surface area (Å²) in [7, 11) is 0. The van der Waals surface area contributed by atoms with Crippen LogP contribution in [0.25, 0.3) is 0 Å². The maximum atomic E-state index is 11.5. The zero-order valence-electron chi connectivity index (χ0n) is 7.24. The number of carbonyl (C=O) groups excluding carboxylic acids is 1. The lowest BCUT2D eigenvalue weighted by Gasteiger charge is -1.98. The molecule has 0 fully saturated rings. The molecule has 0 saturated heterocycles. The average molecular weight is 175 g/mol. The molecule has 1 aliphatic carbocycles. The Kier molecular flexibility index (Phi) is 1.65. The summed E-state index contributed by atoms with van der Waals surface area (Å²) < 4.78 is 0. The quantitative estimate of drug-likeness (QED) is 0.480. The van der Waals surface area contributed by atoms with Gasteiger partial charge in [0, 0.05) is 12.0 Å². The van der Waals surface area contributed by atoms with E-state index >= 15 is 0 Å². The van der Waals surface area contributed by atoms with E-state index in [1.165, 1.54) is 0 Å². The van der Waals surface area contributed by atoms with Gasteiger partial charge in [-0.2, -0.15) is 0 Å². The first-order valence-corrected chi connectivity index (χ1v) is 4.08. The number of oxime groups is 1. The molecule has 0 amide bonds. The van der Waals surface area contributed by atoms with Crippen LogP contribution >= 0.6 is 0 Å². The molecule has 0 heterocycles. The van der Waals surface area contributed by atoms with E-state index in [1.54, 1.807) is 6.07 Å². The standard InChI is InChI=1S/C10H9NO2/c1-6-3-2-4-7-8(6)5-9(11-13)10(7)12/h2-4,13H,5H2,1H3. The van der Waals surface area contributed by atoms with Crippen molar-refractivity contribution in [1.29, 1.82) is 0 Å². The van der Waals surface area contributed by atoms with Gasteiger partial charge in [-0.05, 0) is 18.1 Å². The summed E-state index contributed by atoms with van der Waals surface area (Å²) in [5, 5.41) is 11.6. The van der Waals surface area contributed by atoms with Crippen molar-refractivity contribution in [3.05, 3.63) is 34.9 Å². The molecule has 3 heteroatoms. The Morgan fingerprint density at radius 3 is 2.85 bits per heavy atom. The summed E-state index contributed by atoms with van der Waals surface area (Å²) in [6, 6.07) is 5.56. The highest BCUT2D eigenvalue weighted by atomic mass is 16.4. The number of ketones is 1. The molecule has 0 atom stereocenters. The third-order valence-electron chi connectivity index (χ3n) is 2.38. The van der Waals surface area contributed by atoms with Crippen LogP contribution in [0.3, 0.4) is 0 Å². The summed E-state index contributed by atoms with van der Waals surface area (Å²) in [6.45, 7) is 1.95. The highest BCUT2D eigenvalue weighted by molar-refractivity contribution is 6.49. The fourth-order valence-corrected chi connectivity index (χ4v) is 1.63. The number of Topliss-reactive ketones (excluding diaryl/α,β-unsaturated/α-hetero) is 1. The van der Waals surface area contributed by atoms with Crippen molar-refractivity contribution in [3.8, 4) is 0 Å². The molecule has 1 N–H and O–H groups in total. The molecule has 13 heavy (non-hydrogen) atoms. The van der Waals surface area contributed by atoms with E-state index in [1.807, 2.05) is 19.1 Å². The number of hydrogen-bond acceptors (Lipinski definition) is 3. The molecule has 0 aliphatic heterocycles. The molecule has 0 bridgehead atoms. The number of rotatable bonds is 0. The molecule has 0 saturated carbocycles. The lowest BCUT2D eigenvalue weighted by atomic mass is 10.1. The lowest BCUT2D eigenvalue weighted by Crippen LogP contribution is -2.06. The average Bonchev–Trinajstić information content (AvgIpc) is 2.45. The molecule has 66 valence electrons. The van der Waals surface area contributed by atoms with Gasteiger partial charge in [0.25, 0.3) is 0 Å². The lowest BCUT2D eigenvalue weighted by molar-refractivity contribution is 0.106. The van der Waals surface area contributed by atoms with E-state index in [-0.39, 0.29) is 11.5 Å². The Bertz CT molecular complexity index is 407. The summed E-state index contributed by atoms with van der Waals surface area (Å²) in [5.41, 5.74) is 2.97. The van der Waals surface area contributed by atoms with Crippen LogP contribution < -0.4 is 0 Å². The number of fused-ring (bicyclic) bond motifs is 1. The van der Waals surface area contributed by atoms with Gasteiger partial charge in [-0.15, -0.1) is 0 Å². The van der Waals surface area contributed by atoms with Crippen LogP contribution in [-0.2, 0) is 6.42 Å². The largest absolute Gasteiger partial charge is 0.411 e. The van der Waals surface area contributed by atoms with Crippen LogP contribution in [0.15, 0.2) is 23.4 Å². The van der Waals surface area contributed by atoms with Crippen molar-refractivity contribution >= 4 is 11.5 Å². The maximum Gasteiger partial charge on any atom is 0.211 e. The van der Waals surface area contributed by atoms with E-state index in [4.69, 9.17) is 5.21 Å². The van der Waals surface area contributed by atoms with E-state index in [0.29, 0.717) is 12.0 Å². The smallest absolute Gasteiger partial charge is 0.211 e. The van der Waals surface area contributed by atoms with Crippen molar-refractivity contribution in [1.82, 2.24) is 0 Å². The normalized spacial score (nSPS) is 17.9. The molecule has 1 aromatic rings. The number of nitrogens with zero attached hydrogens (tertiary/aromatic N) is 1. The van der Waals surface area contributed by atoms with Crippen LogP contribution in [0.1, 0.15) is 21.5 Å². The Hall–Kier alpha value is -1.64. The zero-order chi connectivity index (χ0) is 9.42. The highest BCUT2D eigenvalue weighted by Crippen LogP contribution is 2.23. The van der Waals surface area contributed by atoms with Crippen molar-refractivity contribution in [2.24, 2.45) is 5.16 Å². The third kappa shape index (κ3) is 1.04. The van der Waals surface area contributed by atoms with Gasteiger partial charge in [-0.1, -0.05) is 23.4 Å². The number of benzene rings is 1. The first kappa shape index (κ1) is 7.98. The van der Waals surface area contributed by atoms with Gasteiger partial charge < -0.3 is 5.21 Å². The van der Waals surface area contributed by atoms with Gasteiger partial charge >= 0.3 is 0 Å². The van der Waals surface area contributed by atoms with Crippen LogP contribution in [-0.4, -0.2) is 16.7 Å². The molecule has 0 unspecified atom stereocenters. The number of carbonyl (C=O) groups is 1. The van der Waals surface area contributed by atoms with Gasteiger partial charge in [0.2, 0.25) is 5.78 Å². The minimum atomic E-state index is -0.152. The Morgan fingerprint density at radius 1 is 1.46 bits per heavy atom. The van der Waals surface area contributed by atoms with Gasteiger partial charge in [-0.3, -0.25) is 4.79 Å². The molecule has 0 spiro atoms. The maximum absolute atomic E-state index is 11.5. The minimum Gasteiger partial charge on any atom is -0.411 e. The van der Waals surface area contributed by atoms with Crippen LogP contribution in [0, 0.1) is 6.92 Å². The van der Waals surface area contributed by atoms with E-state index in [2.05, 4.69) is 5.16 Å². The first-order chi connectivity index (χ1) is 6.24. The molecular formula is C10H9NO2. The second-order valence-electron chi connectivity index (χ2n) is 3.15. The number of hydrogen-bond donors (Lipinski definition) is 1. The Morgan fingerprint density at radius 2 is 2.23 bits per heavy atom. The zero-order valence-corrected chi connectivity index (χ0v) is 7.24. The Labute approximate surface area is 75.7 Å². The molecule has 0 aromatic heterocycles. The summed E-state index contributed by atoms with van der Waals surface area (Å²) in [4.78, 5) is 11.5. The van der Waals surface area contributed by atoms with E-state index in [9.17, 15) is 4.79 Å². The van der Waals surface area contributed by atoms with Gasteiger partial charge in [0.15, 0.2) is 0 Å². The molecule has 3 nitrogen and oxygen atoms in total. The minimum absolute atomic E-state index is 0.152. The van der Waals surface area contributed by atoms with E-state index < -0.39 is 0 Å². The SMILES string of the molecule is Cc1cccc2c1CC(=NO)C2=O. The van der Waals surface area contributed by atoms with Crippen molar-refractivity contribution in [2.75, 3.05) is 0 Å². The fraction of sp³-hybridized carbons (Fsp3) is 0.200. The van der Waals surface area contributed by atoms with E-state index in [0.717, 1.165) is 11.1 Å². The molecular weight excluding hydrogens is 166 g/mol. The van der Waals surface area contributed by atoms with Crippen LogP contribution in [0.4, 0.5) is 0 Å². The third-order valence-corrected chi connectivity index (χ3v) is 2.38. The van der Waals surface area contributed by atoms with Crippen molar-refractivity contribution < 1.29 is 10.0 Å². The number of aryl methyl sites for hydroxylation is 1. The fourth-order valence-electron chi connectivity index (χ4n) is 1.63. The van der Waals surface area contributed by atoms with Crippen molar-refractivity contribution in [2.45, 2.75) is 13.3 Å². The monoisotopic (exact) mass is 175 g/mol. The second-order valence-corrected chi connectivity index (χ2v) is 3.15. The Balaban J connectivity index is 2.62. The second kappa shape index (κ2) is 2.69. The summed E-state index contributed by atoms with van der Waals surface area (Å²) >= 11 is 0. The first-order valence-electron chi connectivity index (χ1n) is 4.08. The van der Waals surface area contributed by atoms with Gasteiger partial charge in [-0.25, -0.2) is 0 Å². The van der Waals surface area contributed by atoms with Crippen LogP contribution in [0.5, 0.6) is 0 Å². The molecule has 0 radical (unpaired) electrons. The molecule has 1 aromatic carbocycles. The predicted octanol–water partition coefficient (Wildman–Crippen LogP) is 1.56. The summed E-state index contributed by atoms with van der Waals surface area (Å²) in [5.74, 6) is -0.152.